The highest BCUT2D eigenvalue weighted by Crippen LogP contribution is 2.32. The second-order valence-corrected chi connectivity index (χ2v) is 7.79. The Morgan fingerprint density at radius 2 is 1.48 bits per heavy atom. The molecule has 0 spiro atoms. The van der Waals surface area contributed by atoms with Gasteiger partial charge >= 0.3 is 0 Å². The molecule has 5 heteroatoms. The fraction of sp³-hybridized carbons (Fsp3) is 0.192. The highest BCUT2D eigenvalue weighted by atomic mass is 16.2. The van der Waals surface area contributed by atoms with E-state index < -0.39 is 6.04 Å². The van der Waals surface area contributed by atoms with Crippen LogP contribution in [0.25, 0.3) is 0 Å². The molecule has 3 aromatic carbocycles. The molecule has 1 fully saturated rings. The van der Waals surface area contributed by atoms with E-state index in [0.29, 0.717) is 11.3 Å². The molecule has 0 bridgehead atoms. The number of carbonyl (C=O) groups is 3. The van der Waals surface area contributed by atoms with Crippen LogP contribution in [0, 0.1) is 6.92 Å². The number of rotatable bonds is 5. The quantitative estimate of drug-likeness (QED) is 0.579. The lowest BCUT2D eigenvalue weighted by atomic mass is 10.0. The molecule has 1 aliphatic heterocycles. The van der Waals surface area contributed by atoms with Crippen molar-refractivity contribution >= 4 is 23.4 Å². The van der Waals surface area contributed by atoms with E-state index in [9.17, 15) is 14.4 Å². The highest BCUT2D eigenvalue weighted by Gasteiger charge is 2.46. The van der Waals surface area contributed by atoms with Gasteiger partial charge in [-0.05, 0) is 43.7 Å². The van der Waals surface area contributed by atoms with Crippen molar-refractivity contribution in [3.8, 4) is 0 Å². The lowest BCUT2D eigenvalue weighted by molar-refractivity contribution is -0.122. The molecule has 2 unspecified atom stereocenters. The number of imide groups is 1. The first-order chi connectivity index (χ1) is 15.0. The predicted molar refractivity (Wildman–Crippen MR) is 120 cm³/mol. The molecule has 5 nitrogen and oxygen atoms in total. The van der Waals surface area contributed by atoms with Crippen LogP contribution >= 0.6 is 0 Å². The van der Waals surface area contributed by atoms with Crippen LogP contribution in [0.15, 0.2) is 84.9 Å². The zero-order chi connectivity index (χ0) is 22.0. The van der Waals surface area contributed by atoms with Crippen molar-refractivity contribution in [3.05, 3.63) is 102 Å². The number of hydrogen-bond donors (Lipinski definition) is 0. The maximum atomic E-state index is 13.6. The lowest BCUT2D eigenvalue weighted by Crippen LogP contribution is -2.46. The molecule has 2 atom stereocenters. The van der Waals surface area contributed by atoms with Crippen LogP contribution in [0.1, 0.15) is 40.9 Å². The third-order valence-corrected chi connectivity index (χ3v) is 5.71. The molecular formula is C26H24N2O3. The fourth-order valence-corrected chi connectivity index (χ4v) is 4.01. The molecule has 0 saturated carbocycles. The Hall–Kier alpha value is -3.73. The zero-order valence-corrected chi connectivity index (χ0v) is 17.6. The molecular weight excluding hydrogens is 388 g/mol. The largest absolute Gasteiger partial charge is 0.319 e. The van der Waals surface area contributed by atoms with Gasteiger partial charge in [0, 0.05) is 5.56 Å². The van der Waals surface area contributed by atoms with Crippen molar-refractivity contribution in [2.24, 2.45) is 0 Å². The summed E-state index contributed by atoms with van der Waals surface area (Å²) in [6, 6.07) is 24.4. The van der Waals surface area contributed by atoms with Crippen LogP contribution in [0.5, 0.6) is 0 Å². The number of carbonyl (C=O) groups excluding carboxylic acids is 3. The molecule has 156 valence electrons. The van der Waals surface area contributed by atoms with Gasteiger partial charge in [0.1, 0.15) is 6.04 Å². The third kappa shape index (κ3) is 3.99. The van der Waals surface area contributed by atoms with Crippen LogP contribution < -0.4 is 4.90 Å². The molecule has 3 aromatic rings. The number of aryl methyl sites for hydroxylation is 1. The summed E-state index contributed by atoms with van der Waals surface area (Å²) in [4.78, 5) is 42.6. The van der Waals surface area contributed by atoms with Gasteiger partial charge in [0.05, 0.1) is 18.2 Å². The summed E-state index contributed by atoms with van der Waals surface area (Å²) >= 11 is 0. The van der Waals surface area contributed by atoms with E-state index in [0.717, 1.165) is 11.1 Å². The molecule has 1 heterocycles. The van der Waals surface area contributed by atoms with Crippen LogP contribution in [0.4, 0.5) is 5.69 Å². The summed E-state index contributed by atoms with van der Waals surface area (Å²) in [5, 5.41) is 0. The number of hydrogen-bond acceptors (Lipinski definition) is 3. The Morgan fingerprint density at radius 1 is 0.903 bits per heavy atom. The minimum Gasteiger partial charge on any atom is -0.319 e. The molecule has 0 aliphatic carbocycles. The Morgan fingerprint density at radius 3 is 2.10 bits per heavy atom. The average molecular weight is 412 g/mol. The molecule has 1 saturated heterocycles. The Kier molecular flexibility index (Phi) is 5.67. The van der Waals surface area contributed by atoms with Crippen LogP contribution in [-0.2, 0) is 9.59 Å². The van der Waals surface area contributed by atoms with E-state index in [1.807, 2.05) is 62.4 Å². The summed E-state index contributed by atoms with van der Waals surface area (Å²) in [5.74, 6) is -0.944. The smallest absolute Gasteiger partial charge is 0.257 e. The van der Waals surface area contributed by atoms with E-state index in [-0.39, 0.29) is 30.2 Å². The topological polar surface area (TPSA) is 57.7 Å². The maximum absolute atomic E-state index is 13.6. The van der Waals surface area contributed by atoms with E-state index >= 15 is 0 Å². The summed E-state index contributed by atoms with van der Waals surface area (Å²) < 4.78 is 0. The van der Waals surface area contributed by atoms with Crippen molar-refractivity contribution in [3.63, 3.8) is 0 Å². The van der Waals surface area contributed by atoms with E-state index in [2.05, 4.69) is 0 Å². The van der Waals surface area contributed by atoms with Gasteiger partial charge in [-0.3, -0.25) is 14.4 Å². The number of amides is 3. The van der Waals surface area contributed by atoms with Gasteiger partial charge in [-0.1, -0.05) is 66.2 Å². The Labute approximate surface area is 181 Å². The molecule has 0 aromatic heterocycles. The van der Waals surface area contributed by atoms with Crippen molar-refractivity contribution < 1.29 is 14.4 Å². The molecule has 1 aliphatic rings. The van der Waals surface area contributed by atoms with Gasteiger partial charge in [0.2, 0.25) is 5.91 Å². The summed E-state index contributed by atoms with van der Waals surface area (Å²) in [6.07, 6.45) is -0.0392. The third-order valence-electron chi connectivity index (χ3n) is 5.71. The van der Waals surface area contributed by atoms with Gasteiger partial charge < -0.3 is 4.90 Å². The Balaban J connectivity index is 1.74. The second-order valence-electron chi connectivity index (χ2n) is 7.79. The molecule has 0 radical (unpaired) electrons. The van der Waals surface area contributed by atoms with Gasteiger partial charge in [-0.2, -0.15) is 0 Å². The fourth-order valence-electron chi connectivity index (χ4n) is 4.01. The molecule has 4 rings (SSSR count). The monoisotopic (exact) mass is 412 g/mol. The summed E-state index contributed by atoms with van der Waals surface area (Å²) in [7, 11) is 0. The minimum atomic E-state index is -0.864. The van der Waals surface area contributed by atoms with Crippen molar-refractivity contribution in [2.45, 2.75) is 32.4 Å². The average Bonchev–Trinajstić information content (AvgIpc) is 3.09. The normalized spacial score (nSPS) is 17.0. The number of benzene rings is 3. The SMILES string of the molecule is Cc1ccc(C(=O)N(C2CC(=O)N(c3ccccc3)C2=O)C(C)c2ccccc2)cc1. The van der Waals surface area contributed by atoms with Gasteiger partial charge in [-0.25, -0.2) is 4.90 Å². The van der Waals surface area contributed by atoms with E-state index in [1.165, 1.54) is 4.90 Å². The lowest BCUT2D eigenvalue weighted by Gasteiger charge is -2.33. The van der Waals surface area contributed by atoms with Crippen molar-refractivity contribution in [1.29, 1.82) is 0 Å². The van der Waals surface area contributed by atoms with E-state index in [4.69, 9.17) is 0 Å². The number of para-hydroxylation sites is 1. The zero-order valence-electron chi connectivity index (χ0n) is 17.6. The van der Waals surface area contributed by atoms with Crippen LogP contribution in [0.2, 0.25) is 0 Å². The summed E-state index contributed by atoms with van der Waals surface area (Å²) in [6.45, 7) is 3.85. The van der Waals surface area contributed by atoms with Crippen molar-refractivity contribution in [2.75, 3.05) is 4.90 Å². The highest BCUT2D eigenvalue weighted by molar-refractivity contribution is 6.23. The van der Waals surface area contributed by atoms with Crippen LogP contribution in [-0.4, -0.2) is 28.7 Å². The van der Waals surface area contributed by atoms with Crippen molar-refractivity contribution in [1.82, 2.24) is 4.90 Å². The molecule has 3 amide bonds. The van der Waals surface area contributed by atoms with Gasteiger partial charge in [-0.15, -0.1) is 0 Å². The second kappa shape index (κ2) is 8.56. The predicted octanol–water partition coefficient (Wildman–Crippen LogP) is 4.53. The number of anilines is 1. The standard InChI is InChI=1S/C26H24N2O3/c1-18-13-15-21(16-14-18)25(30)27(19(2)20-9-5-3-6-10-20)23-17-24(29)28(26(23)31)22-11-7-4-8-12-22/h3-16,19,23H,17H2,1-2H3. The Bertz CT molecular complexity index is 1090. The molecule has 31 heavy (non-hydrogen) atoms. The van der Waals surface area contributed by atoms with Crippen LogP contribution in [0.3, 0.4) is 0 Å². The summed E-state index contributed by atoms with van der Waals surface area (Å²) in [5.41, 5.74) is 2.96. The molecule has 0 N–H and O–H groups in total. The first kappa shape index (κ1) is 20.5. The maximum Gasteiger partial charge on any atom is 0.257 e. The van der Waals surface area contributed by atoms with Gasteiger partial charge in [0.15, 0.2) is 0 Å². The first-order valence-corrected chi connectivity index (χ1v) is 10.3. The first-order valence-electron chi connectivity index (χ1n) is 10.3. The number of nitrogens with zero attached hydrogens (tertiary/aromatic N) is 2. The van der Waals surface area contributed by atoms with E-state index in [1.54, 1.807) is 41.3 Å². The minimum absolute atomic E-state index is 0.0392. The van der Waals surface area contributed by atoms with Gasteiger partial charge in [0.25, 0.3) is 11.8 Å².